The number of halogens is 3. The Bertz CT molecular complexity index is 409. The maximum atomic E-state index is 12.3. The van der Waals surface area contributed by atoms with Gasteiger partial charge in [-0.2, -0.15) is 13.2 Å². The number of alkyl halides is 3. The SMILES string of the molecule is COCCNC(C)(CCCC(F)(F)F)c1nc(C)cs1. The predicted molar refractivity (Wildman–Crippen MR) is 74.0 cm³/mol. The van der Waals surface area contributed by atoms with Crippen LogP contribution in [0.15, 0.2) is 5.38 Å². The van der Waals surface area contributed by atoms with Crippen LogP contribution in [0.25, 0.3) is 0 Å². The zero-order valence-corrected chi connectivity index (χ0v) is 12.8. The second-order valence-corrected chi connectivity index (χ2v) is 5.87. The van der Waals surface area contributed by atoms with Crippen molar-refractivity contribution in [1.82, 2.24) is 10.3 Å². The van der Waals surface area contributed by atoms with E-state index in [9.17, 15) is 13.2 Å². The van der Waals surface area contributed by atoms with Crippen LogP contribution in [0, 0.1) is 6.92 Å². The van der Waals surface area contributed by atoms with Crippen molar-refractivity contribution in [3.05, 3.63) is 16.1 Å². The molecule has 1 aromatic rings. The van der Waals surface area contributed by atoms with Crippen LogP contribution in [0.1, 0.15) is 36.9 Å². The van der Waals surface area contributed by atoms with Crippen molar-refractivity contribution in [2.24, 2.45) is 0 Å². The normalized spacial score (nSPS) is 15.3. The van der Waals surface area contributed by atoms with Gasteiger partial charge in [0.15, 0.2) is 0 Å². The molecule has 0 aromatic carbocycles. The molecule has 3 nitrogen and oxygen atoms in total. The average molecular weight is 310 g/mol. The number of aryl methyl sites for hydroxylation is 1. The van der Waals surface area contributed by atoms with Crippen LogP contribution in [0.4, 0.5) is 13.2 Å². The topological polar surface area (TPSA) is 34.1 Å². The van der Waals surface area contributed by atoms with E-state index in [1.807, 2.05) is 19.2 Å². The lowest BCUT2D eigenvalue weighted by Crippen LogP contribution is -2.41. The Balaban J connectivity index is 2.68. The summed E-state index contributed by atoms with van der Waals surface area (Å²) >= 11 is 1.48. The zero-order chi connectivity index (χ0) is 15.2. The van der Waals surface area contributed by atoms with Crippen LogP contribution < -0.4 is 5.32 Å². The summed E-state index contributed by atoms with van der Waals surface area (Å²) in [5, 5.41) is 6.01. The summed E-state index contributed by atoms with van der Waals surface area (Å²) in [4.78, 5) is 4.41. The number of methoxy groups -OCH3 is 1. The smallest absolute Gasteiger partial charge is 0.383 e. The summed E-state index contributed by atoms with van der Waals surface area (Å²) in [6.45, 7) is 4.87. The van der Waals surface area contributed by atoms with E-state index >= 15 is 0 Å². The van der Waals surface area contributed by atoms with Gasteiger partial charge in [0.25, 0.3) is 0 Å². The van der Waals surface area contributed by atoms with E-state index in [1.54, 1.807) is 7.11 Å². The number of nitrogens with one attached hydrogen (secondary N) is 1. The molecular weight excluding hydrogens is 289 g/mol. The third-order valence-corrected chi connectivity index (χ3v) is 4.27. The molecule has 1 atom stereocenters. The van der Waals surface area contributed by atoms with Crippen molar-refractivity contribution in [3.8, 4) is 0 Å². The molecule has 0 saturated carbocycles. The fraction of sp³-hybridized carbons (Fsp3) is 0.769. The third kappa shape index (κ3) is 5.76. The Morgan fingerprint density at radius 3 is 2.55 bits per heavy atom. The molecule has 20 heavy (non-hydrogen) atoms. The molecular formula is C13H21F3N2OS. The van der Waals surface area contributed by atoms with Gasteiger partial charge in [0.1, 0.15) is 5.01 Å². The molecule has 1 unspecified atom stereocenters. The molecule has 0 bridgehead atoms. The number of aromatic nitrogens is 1. The monoisotopic (exact) mass is 310 g/mol. The van der Waals surface area contributed by atoms with E-state index in [2.05, 4.69) is 10.3 Å². The van der Waals surface area contributed by atoms with Crippen molar-refractivity contribution in [2.75, 3.05) is 20.3 Å². The Morgan fingerprint density at radius 1 is 1.35 bits per heavy atom. The lowest BCUT2D eigenvalue weighted by atomic mass is 9.95. The molecule has 1 heterocycles. The molecule has 0 spiro atoms. The summed E-state index contributed by atoms with van der Waals surface area (Å²) in [6, 6.07) is 0. The van der Waals surface area contributed by atoms with Gasteiger partial charge >= 0.3 is 6.18 Å². The van der Waals surface area contributed by atoms with E-state index in [1.165, 1.54) is 11.3 Å². The van der Waals surface area contributed by atoms with Gasteiger partial charge in [0.2, 0.25) is 0 Å². The molecule has 0 amide bonds. The molecule has 0 aliphatic carbocycles. The van der Waals surface area contributed by atoms with Crippen molar-refractivity contribution < 1.29 is 17.9 Å². The molecule has 7 heteroatoms. The number of ether oxygens (including phenoxy) is 1. The number of thiazole rings is 1. The van der Waals surface area contributed by atoms with Gasteiger partial charge in [-0.25, -0.2) is 4.98 Å². The van der Waals surface area contributed by atoms with Gasteiger partial charge in [-0.1, -0.05) is 0 Å². The highest BCUT2D eigenvalue weighted by atomic mass is 32.1. The lowest BCUT2D eigenvalue weighted by Gasteiger charge is -2.29. The van der Waals surface area contributed by atoms with Crippen molar-refractivity contribution in [1.29, 1.82) is 0 Å². The van der Waals surface area contributed by atoms with Crippen LogP contribution in [0.5, 0.6) is 0 Å². The zero-order valence-electron chi connectivity index (χ0n) is 12.0. The van der Waals surface area contributed by atoms with Crippen LogP contribution in [-0.2, 0) is 10.3 Å². The van der Waals surface area contributed by atoms with Gasteiger partial charge in [-0.05, 0) is 26.7 Å². The highest BCUT2D eigenvalue weighted by Gasteiger charge is 2.32. The molecule has 116 valence electrons. The minimum atomic E-state index is -4.10. The fourth-order valence-electron chi connectivity index (χ4n) is 1.95. The van der Waals surface area contributed by atoms with Gasteiger partial charge in [0.05, 0.1) is 12.1 Å². The molecule has 1 N–H and O–H groups in total. The van der Waals surface area contributed by atoms with Crippen LogP contribution in [0.3, 0.4) is 0 Å². The van der Waals surface area contributed by atoms with Crippen molar-refractivity contribution in [3.63, 3.8) is 0 Å². The van der Waals surface area contributed by atoms with E-state index in [0.717, 1.165) is 10.7 Å². The first kappa shape index (κ1) is 17.4. The molecule has 0 saturated heterocycles. The number of hydrogen-bond acceptors (Lipinski definition) is 4. The second kappa shape index (κ2) is 7.38. The summed E-state index contributed by atoms with van der Waals surface area (Å²) in [5.41, 5.74) is 0.350. The minimum Gasteiger partial charge on any atom is -0.383 e. The van der Waals surface area contributed by atoms with Gasteiger partial charge in [-0.15, -0.1) is 11.3 Å². The first-order valence-electron chi connectivity index (χ1n) is 6.50. The lowest BCUT2D eigenvalue weighted by molar-refractivity contribution is -0.136. The molecule has 1 aromatic heterocycles. The van der Waals surface area contributed by atoms with Gasteiger partial charge in [-0.3, -0.25) is 0 Å². The van der Waals surface area contributed by atoms with E-state index in [0.29, 0.717) is 19.6 Å². The van der Waals surface area contributed by atoms with Crippen LogP contribution >= 0.6 is 11.3 Å². The number of nitrogens with zero attached hydrogens (tertiary/aromatic N) is 1. The third-order valence-electron chi connectivity index (χ3n) is 3.05. The number of hydrogen-bond donors (Lipinski definition) is 1. The average Bonchev–Trinajstić information content (AvgIpc) is 2.75. The quantitative estimate of drug-likeness (QED) is 0.745. The highest BCUT2D eigenvalue weighted by molar-refractivity contribution is 7.09. The maximum absolute atomic E-state index is 12.3. The molecule has 1 rings (SSSR count). The Labute approximate surface area is 121 Å². The largest absolute Gasteiger partial charge is 0.389 e. The summed E-state index contributed by atoms with van der Waals surface area (Å²) in [5.74, 6) is 0. The van der Waals surface area contributed by atoms with Crippen molar-refractivity contribution >= 4 is 11.3 Å². The first-order valence-corrected chi connectivity index (χ1v) is 7.38. The molecule has 0 radical (unpaired) electrons. The van der Waals surface area contributed by atoms with E-state index in [-0.39, 0.29) is 6.42 Å². The maximum Gasteiger partial charge on any atom is 0.389 e. The van der Waals surface area contributed by atoms with E-state index in [4.69, 9.17) is 4.74 Å². The van der Waals surface area contributed by atoms with Crippen molar-refractivity contribution in [2.45, 2.75) is 44.8 Å². The standard InChI is InChI=1S/C13H21F3N2OS/c1-10-9-20-11(18-10)12(2,17-7-8-19-3)5-4-6-13(14,15)16/h9,17H,4-8H2,1-3H3. The van der Waals surface area contributed by atoms with Crippen LogP contribution in [0.2, 0.25) is 0 Å². The van der Waals surface area contributed by atoms with Gasteiger partial charge in [0, 0.05) is 31.1 Å². The van der Waals surface area contributed by atoms with E-state index < -0.39 is 18.1 Å². The Hall–Kier alpha value is -0.660. The van der Waals surface area contributed by atoms with Crippen LogP contribution in [-0.4, -0.2) is 31.4 Å². The first-order chi connectivity index (χ1) is 9.27. The summed E-state index contributed by atoms with van der Waals surface area (Å²) < 4.78 is 41.8. The van der Waals surface area contributed by atoms with Gasteiger partial charge < -0.3 is 10.1 Å². The highest BCUT2D eigenvalue weighted by Crippen LogP contribution is 2.32. The Kier molecular flexibility index (Phi) is 6.42. The summed E-state index contributed by atoms with van der Waals surface area (Å²) in [7, 11) is 1.59. The second-order valence-electron chi connectivity index (χ2n) is 5.01. The molecule has 0 fully saturated rings. The summed E-state index contributed by atoms with van der Waals surface area (Å²) in [6.07, 6.45) is -4.40. The number of rotatable bonds is 8. The molecule has 0 aliphatic heterocycles. The predicted octanol–water partition coefficient (Wildman–Crippen LogP) is 3.64. The minimum absolute atomic E-state index is 0.0820. The fourth-order valence-corrected chi connectivity index (χ4v) is 2.92. The molecule has 0 aliphatic rings. The Morgan fingerprint density at radius 2 is 2.05 bits per heavy atom.